The van der Waals surface area contributed by atoms with E-state index in [1.165, 1.54) is 4.90 Å². The van der Waals surface area contributed by atoms with Crippen LogP contribution in [0.15, 0.2) is 12.1 Å². The fourth-order valence-corrected chi connectivity index (χ4v) is 3.83. The lowest BCUT2D eigenvalue weighted by molar-refractivity contribution is 0.0225. The molecular weight excluding hydrogens is 469 g/mol. The molecule has 0 radical (unpaired) electrons. The summed E-state index contributed by atoms with van der Waals surface area (Å²) in [7, 11) is 1.67. The minimum Gasteiger partial charge on any atom is -0.444 e. The number of nitrogens with zero attached hydrogens (tertiary/aromatic N) is 3. The second kappa shape index (κ2) is 10.1. The number of anilines is 2. The van der Waals surface area contributed by atoms with E-state index in [9.17, 15) is 14.4 Å². The zero-order valence-electron chi connectivity index (χ0n) is 22.2. The molecule has 2 aliphatic rings. The molecule has 36 heavy (non-hydrogen) atoms. The summed E-state index contributed by atoms with van der Waals surface area (Å²) >= 11 is 0. The van der Waals surface area contributed by atoms with Gasteiger partial charge in [0.25, 0.3) is 5.91 Å². The van der Waals surface area contributed by atoms with Gasteiger partial charge in [0.2, 0.25) is 0 Å². The van der Waals surface area contributed by atoms with Gasteiger partial charge in [0.05, 0.1) is 17.3 Å². The van der Waals surface area contributed by atoms with E-state index >= 15 is 4.39 Å². The maximum Gasteiger partial charge on any atom is 0.432 e. The number of hydrazine groups is 1. The summed E-state index contributed by atoms with van der Waals surface area (Å²) in [5.74, 6) is 4.25. The Morgan fingerprint density at radius 1 is 1.03 bits per heavy atom. The van der Waals surface area contributed by atoms with Crippen LogP contribution in [0.3, 0.4) is 0 Å². The number of hydrogen-bond donors (Lipinski definition) is 2. The molecule has 1 saturated carbocycles. The molecule has 1 aromatic rings. The van der Waals surface area contributed by atoms with Crippen LogP contribution in [0.2, 0.25) is 0 Å². The molecule has 1 aliphatic heterocycles. The second-order valence-corrected chi connectivity index (χ2v) is 11.4. The molecule has 1 aromatic carbocycles. The standard InChI is InChI=1S/C25H38FN5O5/c1-24(2,3)35-22(33)29(7)16-10-11-30(14-16)20-13-19(28-15-8-9-15)17(12-18(20)26)21(32)31(27)23(34)36-25(4,5)6/h12-13,15-16,28H,8-11,14,27H2,1-7H3/t16-/m0/s1. The zero-order valence-corrected chi connectivity index (χ0v) is 22.2. The molecule has 10 nitrogen and oxygen atoms in total. The van der Waals surface area contributed by atoms with Crippen molar-refractivity contribution >= 4 is 29.5 Å². The van der Waals surface area contributed by atoms with Crippen molar-refractivity contribution in [1.29, 1.82) is 0 Å². The number of hydrogen-bond acceptors (Lipinski definition) is 8. The maximum atomic E-state index is 15.3. The van der Waals surface area contributed by atoms with Crippen molar-refractivity contribution in [2.75, 3.05) is 30.4 Å². The molecule has 3 amide bonds. The third-order valence-electron chi connectivity index (χ3n) is 5.80. The first-order chi connectivity index (χ1) is 16.6. The number of carbonyl (C=O) groups is 3. The lowest BCUT2D eigenvalue weighted by Gasteiger charge is -2.29. The third-order valence-corrected chi connectivity index (χ3v) is 5.80. The molecule has 200 valence electrons. The predicted molar refractivity (Wildman–Crippen MR) is 134 cm³/mol. The van der Waals surface area contributed by atoms with Crippen LogP contribution < -0.4 is 16.1 Å². The molecule has 3 rings (SSSR count). The van der Waals surface area contributed by atoms with Crippen LogP contribution in [0.5, 0.6) is 0 Å². The van der Waals surface area contributed by atoms with Crippen molar-refractivity contribution in [2.24, 2.45) is 5.84 Å². The molecule has 0 spiro atoms. The molecule has 2 fully saturated rings. The largest absolute Gasteiger partial charge is 0.444 e. The molecule has 0 unspecified atom stereocenters. The number of ether oxygens (including phenoxy) is 2. The summed E-state index contributed by atoms with van der Waals surface area (Å²) < 4.78 is 26.0. The van der Waals surface area contributed by atoms with Gasteiger partial charge in [0, 0.05) is 31.9 Å². The van der Waals surface area contributed by atoms with Crippen molar-refractivity contribution in [2.45, 2.75) is 84.1 Å². The van der Waals surface area contributed by atoms with Crippen molar-refractivity contribution < 1.29 is 28.2 Å². The Morgan fingerprint density at radius 2 is 1.61 bits per heavy atom. The molecule has 1 heterocycles. The van der Waals surface area contributed by atoms with Gasteiger partial charge in [-0.2, -0.15) is 5.01 Å². The molecule has 1 aliphatic carbocycles. The van der Waals surface area contributed by atoms with Gasteiger partial charge < -0.3 is 24.6 Å². The van der Waals surface area contributed by atoms with E-state index in [4.69, 9.17) is 15.3 Å². The van der Waals surface area contributed by atoms with E-state index in [1.807, 2.05) is 4.90 Å². The highest BCUT2D eigenvalue weighted by atomic mass is 19.1. The Hall–Kier alpha value is -3.08. The molecule has 11 heteroatoms. The number of carbonyl (C=O) groups excluding carboxylic acids is 3. The first kappa shape index (κ1) is 27.5. The van der Waals surface area contributed by atoms with E-state index in [2.05, 4.69) is 5.32 Å². The van der Waals surface area contributed by atoms with Crippen LogP contribution in [0, 0.1) is 5.82 Å². The Labute approximate surface area is 211 Å². The lowest BCUT2D eigenvalue weighted by Crippen LogP contribution is -2.45. The number of imide groups is 1. The van der Waals surface area contributed by atoms with Gasteiger partial charge in [-0.05, 0) is 72.9 Å². The van der Waals surface area contributed by atoms with E-state index in [-0.39, 0.29) is 17.6 Å². The minimum absolute atomic E-state index is 0.0573. The number of likely N-dealkylation sites (N-methyl/N-ethyl adjacent to an activating group) is 1. The zero-order chi connectivity index (χ0) is 27.0. The Balaban J connectivity index is 1.81. The predicted octanol–water partition coefficient (Wildman–Crippen LogP) is 4.10. The summed E-state index contributed by atoms with van der Waals surface area (Å²) in [6.07, 6.45) is 1.02. The summed E-state index contributed by atoms with van der Waals surface area (Å²) in [5, 5.41) is 3.60. The summed E-state index contributed by atoms with van der Waals surface area (Å²) in [6.45, 7) is 11.3. The highest BCUT2D eigenvalue weighted by Crippen LogP contribution is 2.34. The van der Waals surface area contributed by atoms with Crippen LogP contribution in [-0.2, 0) is 9.47 Å². The Morgan fingerprint density at radius 3 is 2.17 bits per heavy atom. The topological polar surface area (TPSA) is 117 Å². The average Bonchev–Trinajstić information content (AvgIpc) is 3.43. The summed E-state index contributed by atoms with van der Waals surface area (Å²) in [4.78, 5) is 41.2. The van der Waals surface area contributed by atoms with Gasteiger partial charge in [0.15, 0.2) is 0 Å². The van der Waals surface area contributed by atoms with Crippen molar-refractivity contribution in [3.63, 3.8) is 0 Å². The second-order valence-electron chi connectivity index (χ2n) is 11.4. The number of rotatable bonds is 5. The van der Waals surface area contributed by atoms with E-state index in [0.717, 1.165) is 18.9 Å². The van der Waals surface area contributed by atoms with Gasteiger partial charge in [-0.25, -0.2) is 19.8 Å². The van der Waals surface area contributed by atoms with Crippen molar-refractivity contribution in [1.82, 2.24) is 9.91 Å². The molecule has 0 aromatic heterocycles. The first-order valence-electron chi connectivity index (χ1n) is 12.2. The van der Waals surface area contributed by atoms with Gasteiger partial charge in [-0.1, -0.05) is 0 Å². The molecular formula is C25H38FN5O5. The van der Waals surface area contributed by atoms with Crippen LogP contribution in [0.1, 0.15) is 71.2 Å². The van der Waals surface area contributed by atoms with Crippen LogP contribution in [0.4, 0.5) is 25.4 Å². The van der Waals surface area contributed by atoms with Gasteiger partial charge in [-0.3, -0.25) is 4.79 Å². The molecule has 0 bridgehead atoms. The number of nitrogens with two attached hydrogens (primary N) is 1. The summed E-state index contributed by atoms with van der Waals surface area (Å²) in [5.41, 5.74) is -0.828. The monoisotopic (exact) mass is 507 g/mol. The maximum absolute atomic E-state index is 15.3. The van der Waals surface area contributed by atoms with Gasteiger partial charge >= 0.3 is 12.2 Å². The van der Waals surface area contributed by atoms with E-state index < -0.39 is 35.1 Å². The highest BCUT2D eigenvalue weighted by Gasteiger charge is 2.34. The fourth-order valence-electron chi connectivity index (χ4n) is 3.83. The molecule has 3 N–H and O–H groups in total. The highest BCUT2D eigenvalue weighted by molar-refractivity contribution is 6.06. The van der Waals surface area contributed by atoms with Crippen molar-refractivity contribution in [3.8, 4) is 0 Å². The van der Waals surface area contributed by atoms with Crippen LogP contribution >= 0.6 is 0 Å². The number of halogens is 1. The SMILES string of the molecule is CN(C(=O)OC(C)(C)C)[C@H]1CCN(c2cc(NC3CC3)c(C(=O)N(N)C(=O)OC(C)(C)C)cc2F)C1. The smallest absolute Gasteiger partial charge is 0.432 e. The molecule has 1 atom stereocenters. The lowest BCUT2D eigenvalue weighted by atomic mass is 10.1. The van der Waals surface area contributed by atoms with Crippen molar-refractivity contribution in [3.05, 3.63) is 23.5 Å². The third kappa shape index (κ3) is 6.99. The summed E-state index contributed by atoms with van der Waals surface area (Å²) in [6, 6.07) is 2.66. The van der Waals surface area contributed by atoms with Crippen LogP contribution in [0.25, 0.3) is 0 Å². The molecule has 1 saturated heterocycles. The van der Waals surface area contributed by atoms with E-state index in [0.29, 0.717) is 35.9 Å². The normalized spacial score (nSPS) is 18.0. The Kier molecular flexibility index (Phi) is 7.73. The van der Waals surface area contributed by atoms with Gasteiger partial charge in [-0.15, -0.1) is 0 Å². The van der Waals surface area contributed by atoms with Crippen LogP contribution in [-0.4, -0.2) is 71.4 Å². The van der Waals surface area contributed by atoms with E-state index in [1.54, 1.807) is 54.7 Å². The Bertz CT molecular complexity index is 1020. The fraction of sp³-hybridized carbons (Fsp3) is 0.640. The van der Waals surface area contributed by atoms with Gasteiger partial charge in [0.1, 0.15) is 17.0 Å². The quantitative estimate of drug-likeness (QED) is 0.348. The number of nitrogens with one attached hydrogen (secondary N) is 1. The minimum atomic E-state index is -1.03. The average molecular weight is 508 g/mol. The number of amides is 3. The number of benzene rings is 1. The first-order valence-corrected chi connectivity index (χ1v) is 12.2.